The van der Waals surface area contributed by atoms with Crippen LogP contribution in [0.25, 0.3) is 0 Å². The molecule has 0 saturated carbocycles. The van der Waals surface area contributed by atoms with Gasteiger partial charge in [0.05, 0.1) is 30.9 Å². The van der Waals surface area contributed by atoms with Crippen LogP contribution < -0.4 is 20.3 Å². The molecule has 0 atom stereocenters. The summed E-state index contributed by atoms with van der Waals surface area (Å²) < 4.78 is 7.42. The number of methoxy groups -OCH3 is 1. The van der Waals surface area contributed by atoms with Gasteiger partial charge in [0.15, 0.2) is 5.82 Å². The van der Waals surface area contributed by atoms with Gasteiger partial charge >= 0.3 is 0 Å². The number of nitrogens with one attached hydrogen (secondary N) is 2. The first-order valence-corrected chi connectivity index (χ1v) is 12.8. The van der Waals surface area contributed by atoms with Crippen LogP contribution in [0.15, 0.2) is 36.8 Å². The Morgan fingerprint density at radius 1 is 1.00 bits per heavy atom. The first kappa shape index (κ1) is 24.6. The van der Waals surface area contributed by atoms with Crippen LogP contribution in [0, 0.1) is 0 Å². The average molecular weight is 512 g/mol. The molecule has 10 nitrogen and oxygen atoms in total. The average Bonchev–Trinajstić information content (AvgIpc) is 3.31. The van der Waals surface area contributed by atoms with E-state index in [1.54, 1.807) is 24.2 Å². The fourth-order valence-corrected chi connectivity index (χ4v) is 5.05. The van der Waals surface area contributed by atoms with Gasteiger partial charge in [0.2, 0.25) is 5.95 Å². The van der Waals surface area contributed by atoms with E-state index in [2.05, 4.69) is 59.6 Å². The zero-order chi connectivity index (χ0) is 25.1. The molecule has 2 saturated heterocycles. The molecule has 0 amide bonds. The summed E-state index contributed by atoms with van der Waals surface area (Å²) in [5, 5.41) is 11.0. The maximum absolute atomic E-state index is 6.31. The van der Waals surface area contributed by atoms with Crippen LogP contribution in [0.3, 0.4) is 0 Å². The minimum atomic E-state index is 0.421. The van der Waals surface area contributed by atoms with Crippen molar-refractivity contribution in [2.45, 2.75) is 18.9 Å². The molecule has 4 heterocycles. The Morgan fingerprint density at radius 2 is 1.78 bits per heavy atom. The van der Waals surface area contributed by atoms with Crippen molar-refractivity contribution in [2.75, 3.05) is 69.0 Å². The van der Waals surface area contributed by atoms with Gasteiger partial charge in [-0.15, -0.1) is 0 Å². The molecule has 0 bridgehead atoms. The standard InChI is InChI=1S/C25H34ClN9O/c1-32-10-12-35(13-11-32)19-6-8-34(9-7-19)20-4-5-22(23(14-20)36-3)30-25-27-16-21(26)24(31-25)29-18-15-28-33(2)17-18/h4-5,14-17,19H,6-13H2,1-3H3,(H2,27,29,30,31). The molecular formula is C25H34ClN9O. The molecular weight excluding hydrogens is 478 g/mol. The molecule has 2 aromatic heterocycles. The summed E-state index contributed by atoms with van der Waals surface area (Å²) >= 11 is 6.31. The van der Waals surface area contributed by atoms with E-state index in [0.717, 1.165) is 30.2 Å². The number of halogens is 1. The third-order valence-corrected chi connectivity index (χ3v) is 7.30. The maximum Gasteiger partial charge on any atom is 0.229 e. The van der Waals surface area contributed by atoms with Crippen molar-refractivity contribution in [1.29, 1.82) is 0 Å². The Hall–Kier alpha value is -3.08. The third kappa shape index (κ3) is 5.66. The Labute approximate surface area is 217 Å². The predicted octanol–water partition coefficient (Wildman–Crippen LogP) is 3.58. The molecule has 2 fully saturated rings. The van der Waals surface area contributed by atoms with E-state index in [4.69, 9.17) is 16.3 Å². The fourth-order valence-electron chi connectivity index (χ4n) is 4.91. The molecule has 1 aromatic carbocycles. The zero-order valence-electron chi connectivity index (χ0n) is 21.1. The van der Waals surface area contributed by atoms with Crippen molar-refractivity contribution >= 4 is 40.4 Å². The normalized spacial score (nSPS) is 17.8. The van der Waals surface area contributed by atoms with Gasteiger partial charge < -0.3 is 25.2 Å². The van der Waals surface area contributed by atoms with Crippen molar-refractivity contribution in [2.24, 2.45) is 7.05 Å². The number of anilines is 5. The number of likely N-dealkylation sites (N-methyl/N-ethyl adjacent to an activating group) is 1. The highest BCUT2D eigenvalue weighted by Gasteiger charge is 2.27. The monoisotopic (exact) mass is 511 g/mol. The second-order valence-electron chi connectivity index (χ2n) is 9.48. The molecule has 0 aliphatic carbocycles. The second-order valence-corrected chi connectivity index (χ2v) is 9.89. The Kier molecular flexibility index (Phi) is 7.45. The lowest BCUT2D eigenvalue weighted by Gasteiger charge is -2.42. The molecule has 0 radical (unpaired) electrons. The fraction of sp³-hybridized carbons (Fsp3) is 0.480. The summed E-state index contributed by atoms with van der Waals surface area (Å²) in [6, 6.07) is 6.93. The quantitative estimate of drug-likeness (QED) is 0.494. The molecule has 192 valence electrons. The number of hydrogen-bond acceptors (Lipinski definition) is 9. The smallest absolute Gasteiger partial charge is 0.229 e. The first-order valence-electron chi connectivity index (χ1n) is 12.4. The molecule has 11 heteroatoms. The Morgan fingerprint density at radius 3 is 2.47 bits per heavy atom. The van der Waals surface area contributed by atoms with E-state index in [-0.39, 0.29) is 0 Å². The summed E-state index contributed by atoms with van der Waals surface area (Å²) in [4.78, 5) is 16.4. The zero-order valence-corrected chi connectivity index (χ0v) is 21.9. The van der Waals surface area contributed by atoms with E-state index in [9.17, 15) is 0 Å². The highest BCUT2D eigenvalue weighted by Crippen LogP contribution is 2.34. The molecule has 0 unspecified atom stereocenters. The number of nitrogens with zero attached hydrogens (tertiary/aromatic N) is 7. The van der Waals surface area contributed by atoms with Gasteiger partial charge in [-0.3, -0.25) is 9.58 Å². The van der Waals surface area contributed by atoms with Crippen molar-refractivity contribution in [3.8, 4) is 5.75 Å². The SMILES string of the molecule is COc1cc(N2CCC(N3CCN(C)CC3)CC2)ccc1Nc1ncc(Cl)c(Nc2cnn(C)c2)n1. The summed E-state index contributed by atoms with van der Waals surface area (Å²) in [5.41, 5.74) is 2.76. The number of aromatic nitrogens is 4. The van der Waals surface area contributed by atoms with Crippen LogP contribution in [-0.4, -0.2) is 89.0 Å². The summed E-state index contributed by atoms with van der Waals surface area (Å²) in [7, 11) is 5.75. The van der Waals surface area contributed by atoms with Crippen molar-refractivity contribution in [3.05, 3.63) is 41.8 Å². The van der Waals surface area contributed by atoms with Gasteiger partial charge in [0, 0.05) is 70.3 Å². The number of ether oxygens (including phenoxy) is 1. The highest BCUT2D eigenvalue weighted by atomic mass is 35.5. The first-order chi connectivity index (χ1) is 17.5. The summed E-state index contributed by atoms with van der Waals surface area (Å²) in [6.45, 7) is 6.81. The number of piperazine rings is 1. The van der Waals surface area contributed by atoms with Crippen LogP contribution in [0.4, 0.5) is 28.8 Å². The third-order valence-electron chi connectivity index (χ3n) is 7.03. The van der Waals surface area contributed by atoms with Crippen LogP contribution in [0.5, 0.6) is 5.75 Å². The van der Waals surface area contributed by atoms with E-state index in [1.165, 1.54) is 44.7 Å². The summed E-state index contributed by atoms with van der Waals surface area (Å²) in [6.07, 6.45) is 7.51. The van der Waals surface area contributed by atoms with Crippen molar-refractivity contribution in [3.63, 3.8) is 0 Å². The lowest BCUT2D eigenvalue weighted by molar-refractivity contribution is 0.0982. The number of aryl methyl sites for hydroxylation is 1. The van der Waals surface area contributed by atoms with Gasteiger partial charge in [0.25, 0.3) is 0 Å². The van der Waals surface area contributed by atoms with E-state index >= 15 is 0 Å². The van der Waals surface area contributed by atoms with Crippen LogP contribution in [-0.2, 0) is 7.05 Å². The number of benzene rings is 1. The van der Waals surface area contributed by atoms with Crippen molar-refractivity contribution in [1.82, 2.24) is 29.5 Å². The van der Waals surface area contributed by atoms with Gasteiger partial charge in [-0.05, 0) is 32.0 Å². The van der Waals surface area contributed by atoms with Gasteiger partial charge in [0.1, 0.15) is 10.8 Å². The van der Waals surface area contributed by atoms with Crippen LogP contribution in [0.2, 0.25) is 5.02 Å². The number of hydrogen-bond donors (Lipinski definition) is 2. The Balaban J connectivity index is 1.24. The minimum Gasteiger partial charge on any atom is -0.494 e. The molecule has 2 aliphatic rings. The molecule has 3 aromatic rings. The topological polar surface area (TPSA) is 86.6 Å². The molecule has 2 N–H and O–H groups in total. The maximum atomic E-state index is 6.31. The van der Waals surface area contributed by atoms with E-state index in [1.807, 2.05) is 19.3 Å². The van der Waals surface area contributed by atoms with Crippen LogP contribution >= 0.6 is 11.6 Å². The lowest BCUT2D eigenvalue weighted by atomic mass is 10.0. The number of piperidine rings is 1. The van der Waals surface area contributed by atoms with Gasteiger partial charge in [-0.2, -0.15) is 10.1 Å². The summed E-state index contributed by atoms with van der Waals surface area (Å²) in [5.74, 6) is 1.67. The van der Waals surface area contributed by atoms with Gasteiger partial charge in [-0.25, -0.2) is 4.98 Å². The molecule has 0 spiro atoms. The Bertz CT molecular complexity index is 1170. The van der Waals surface area contributed by atoms with Crippen LogP contribution in [0.1, 0.15) is 12.8 Å². The second kappa shape index (κ2) is 10.9. The molecule has 2 aliphatic heterocycles. The predicted molar refractivity (Wildman–Crippen MR) is 144 cm³/mol. The highest BCUT2D eigenvalue weighted by molar-refractivity contribution is 6.32. The van der Waals surface area contributed by atoms with E-state index in [0.29, 0.717) is 22.8 Å². The van der Waals surface area contributed by atoms with Crippen molar-refractivity contribution < 1.29 is 4.74 Å². The largest absolute Gasteiger partial charge is 0.494 e. The molecule has 36 heavy (non-hydrogen) atoms. The van der Waals surface area contributed by atoms with Gasteiger partial charge in [-0.1, -0.05) is 11.6 Å². The lowest BCUT2D eigenvalue weighted by Crippen LogP contribution is -2.52. The number of rotatable bonds is 7. The van der Waals surface area contributed by atoms with E-state index < -0.39 is 0 Å². The minimum absolute atomic E-state index is 0.421. The molecule has 5 rings (SSSR count).